The summed E-state index contributed by atoms with van der Waals surface area (Å²) in [5.74, 6) is 0. The second-order valence-electron chi connectivity index (χ2n) is 18.1. The number of hydrogen-bond acceptors (Lipinski definition) is 0. The number of rotatable bonds is 4. The average molecular weight is 835 g/mol. The zero-order valence-electron chi connectivity index (χ0n) is 35.8. The molecule has 0 aliphatic heterocycles. The van der Waals surface area contributed by atoms with E-state index in [0.29, 0.717) is 0 Å². The van der Waals surface area contributed by atoms with Crippen molar-refractivity contribution in [3.63, 3.8) is 0 Å². The van der Waals surface area contributed by atoms with Crippen LogP contribution in [0, 0.1) is 0 Å². The van der Waals surface area contributed by atoms with Gasteiger partial charge in [-0.1, -0.05) is 152 Å². The van der Waals surface area contributed by atoms with Gasteiger partial charge >= 0.3 is 0 Å². The maximum Gasteiger partial charge on any atom is 0.0619 e. The molecular formula is C64H38N2. The average Bonchev–Trinajstić information content (AvgIpc) is 4.01. The highest BCUT2D eigenvalue weighted by atomic mass is 15.0. The summed E-state index contributed by atoms with van der Waals surface area (Å²) in [7, 11) is 0. The van der Waals surface area contributed by atoms with E-state index in [0.717, 1.165) is 5.69 Å². The van der Waals surface area contributed by atoms with Gasteiger partial charge < -0.3 is 9.13 Å². The summed E-state index contributed by atoms with van der Waals surface area (Å²) in [6.07, 6.45) is 0. The van der Waals surface area contributed by atoms with E-state index in [1.165, 1.54) is 137 Å². The van der Waals surface area contributed by atoms with Crippen LogP contribution in [0.1, 0.15) is 0 Å². The molecule has 0 radical (unpaired) electrons. The summed E-state index contributed by atoms with van der Waals surface area (Å²) in [5, 5.41) is 15.1. The number of nitrogens with zero attached hydrogens (tertiary/aromatic N) is 2. The van der Waals surface area contributed by atoms with Gasteiger partial charge in [0.25, 0.3) is 0 Å². The van der Waals surface area contributed by atoms with Crippen molar-refractivity contribution in [1.29, 1.82) is 0 Å². The zero-order chi connectivity index (χ0) is 43.0. The molecule has 0 N–H and O–H groups in total. The molecule has 2 aromatic heterocycles. The predicted molar refractivity (Wildman–Crippen MR) is 280 cm³/mol. The van der Waals surface area contributed by atoms with Crippen LogP contribution in [0.4, 0.5) is 0 Å². The van der Waals surface area contributed by atoms with Crippen molar-refractivity contribution in [3.05, 3.63) is 231 Å². The Hall–Kier alpha value is -8.72. The van der Waals surface area contributed by atoms with Crippen LogP contribution in [0.15, 0.2) is 231 Å². The highest BCUT2D eigenvalue weighted by Gasteiger charge is 2.23. The van der Waals surface area contributed by atoms with Crippen LogP contribution in [0.5, 0.6) is 0 Å². The lowest BCUT2D eigenvalue weighted by Gasteiger charge is -2.12. The summed E-state index contributed by atoms with van der Waals surface area (Å²) in [6, 6.07) is 85.9. The largest absolute Gasteiger partial charge is 0.309 e. The molecule has 66 heavy (non-hydrogen) atoms. The van der Waals surface area contributed by atoms with Gasteiger partial charge in [0, 0.05) is 38.3 Å². The van der Waals surface area contributed by atoms with E-state index in [2.05, 4.69) is 240 Å². The molecule has 12 aromatic carbocycles. The van der Waals surface area contributed by atoms with E-state index in [4.69, 9.17) is 0 Å². The van der Waals surface area contributed by atoms with Gasteiger partial charge in [-0.15, -0.1) is 0 Å². The lowest BCUT2D eigenvalue weighted by atomic mass is 9.95. The molecule has 0 fully saturated rings. The maximum atomic E-state index is 2.47. The maximum absolute atomic E-state index is 2.47. The smallest absolute Gasteiger partial charge is 0.0619 e. The Morgan fingerprint density at radius 1 is 0.227 bits per heavy atom. The van der Waals surface area contributed by atoms with Gasteiger partial charge in [-0.3, -0.25) is 0 Å². The van der Waals surface area contributed by atoms with Crippen LogP contribution in [-0.2, 0) is 0 Å². The second-order valence-corrected chi connectivity index (χ2v) is 18.1. The van der Waals surface area contributed by atoms with E-state index in [1.54, 1.807) is 0 Å². The highest BCUT2D eigenvalue weighted by molar-refractivity contribution is 6.20. The number of para-hydroxylation sites is 1. The molecular weight excluding hydrogens is 797 g/mol. The van der Waals surface area contributed by atoms with Crippen molar-refractivity contribution in [2.24, 2.45) is 0 Å². The third kappa shape index (κ3) is 5.07. The number of benzene rings is 12. The number of aromatic nitrogens is 2. The van der Waals surface area contributed by atoms with Gasteiger partial charge in [0.15, 0.2) is 0 Å². The minimum absolute atomic E-state index is 1.16. The zero-order valence-corrected chi connectivity index (χ0v) is 35.8. The molecule has 0 amide bonds. The Kier molecular flexibility index (Phi) is 7.25. The molecule has 2 nitrogen and oxygen atoms in total. The van der Waals surface area contributed by atoms with Gasteiger partial charge in [0.05, 0.1) is 22.1 Å². The Morgan fingerprint density at radius 2 is 0.788 bits per heavy atom. The van der Waals surface area contributed by atoms with Crippen LogP contribution in [-0.4, -0.2) is 9.13 Å². The summed E-state index contributed by atoms with van der Waals surface area (Å²) in [6.45, 7) is 0. The fourth-order valence-corrected chi connectivity index (χ4v) is 11.5. The third-order valence-electron chi connectivity index (χ3n) is 14.5. The fraction of sp³-hybridized carbons (Fsp3) is 0. The summed E-state index contributed by atoms with van der Waals surface area (Å²) in [4.78, 5) is 0. The molecule has 0 unspecified atom stereocenters. The Bertz CT molecular complexity index is 4390. The van der Waals surface area contributed by atoms with Crippen LogP contribution in [0.3, 0.4) is 0 Å². The van der Waals surface area contributed by atoms with Crippen LogP contribution in [0.25, 0.3) is 143 Å². The SMILES string of the molecule is c1ccc(-n2c3ccc(-c4ccc5c(c4)c4cc6ccccc6cc4n5-c4ccc5cc(-c6cc7c8c(cccc8c6)-c6ccccc6-7)ccc5c4)cc3c3ccc4ccccc4c32)cc1. The van der Waals surface area contributed by atoms with Gasteiger partial charge in [-0.25, -0.2) is 0 Å². The van der Waals surface area contributed by atoms with Crippen LogP contribution < -0.4 is 0 Å². The van der Waals surface area contributed by atoms with Crippen molar-refractivity contribution in [2.45, 2.75) is 0 Å². The van der Waals surface area contributed by atoms with E-state index < -0.39 is 0 Å². The van der Waals surface area contributed by atoms with Gasteiger partial charge in [0.2, 0.25) is 0 Å². The van der Waals surface area contributed by atoms with Crippen molar-refractivity contribution in [2.75, 3.05) is 0 Å². The quantitative estimate of drug-likeness (QED) is 0.167. The van der Waals surface area contributed by atoms with Crippen molar-refractivity contribution in [1.82, 2.24) is 9.13 Å². The summed E-state index contributed by atoms with van der Waals surface area (Å²) in [5.41, 5.74) is 17.4. The topological polar surface area (TPSA) is 9.86 Å². The molecule has 15 rings (SSSR count). The number of hydrogen-bond donors (Lipinski definition) is 0. The lowest BCUT2D eigenvalue weighted by molar-refractivity contribution is 1.19. The molecule has 0 saturated heterocycles. The van der Waals surface area contributed by atoms with Crippen molar-refractivity contribution < 1.29 is 0 Å². The molecule has 2 heteroatoms. The minimum Gasteiger partial charge on any atom is -0.309 e. The Labute approximate surface area is 380 Å². The molecule has 304 valence electrons. The van der Waals surface area contributed by atoms with E-state index in [1.807, 2.05) is 0 Å². The first-order valence-corrected chi connectivity index (χ1v) is 22.9. The normalized spacial score (nSPS) is 12.2. The lowest BCUT2D eigenvalue weighted by Crippen LogP contribution is -1.94. The van der Waals surface area contributed by atoms with E-state index >= 15 is 0 Å². The second kappa shape index (κ2) is 13.4. The first-order chi connectivity index (χ1) is 32.7. The van der Waals surface area contributed by atoms with Gasteiger partial charge in [-0.05, 0) is 161 Å². The Morgan fingerprint density at radius 3 is 1.62 bits per heavy atom. The van der Waals surface area contributed by atoms with E-state index in [-0.39, 0.29) is 0 Å². The molecule has 14 aromatic rings. The third-order valence-corrected chi connectivity index (χ3v) is 14.5. The van der Waals surface area contributed by atoms with Crippen molar-refractivity contribution in [3.8, 4) is 55.9 Å². The van der Waals surface area contributed by atoms with Crippen molar-refractivity contribution >= 4 is 86.7 Å². The first kappa shape index (κ1) is 35.7. The predicted octanol–water partition coefficient (Wildman–Crippen LogP) is 17.5. The fourth-order valence-electron chi connectivity index (χ4n) is 11.5. The molecule has 2 heterocycles. The minimum atomic E-state index is 1.16. The molecule has 0 saturated carbocycles. The van der Waals surface area contributed by atoms with E-state index in [9.17, 15) is 0 Å². The molecule has 0 spiro atoms. The first-order valence-electron chi connectivity index (χ1n) is 22.9. The summed E-state index contributed by atoms with van der Waals surface area (Å²) >= 11 is 0. The summed E-state index contributed by atoms with van der Waals surface area (Å²) < 4.78 is 4.91. The number of fused-ring (bicyclic) bond motifs is 13. The molecule has 1 aliphatic carbocycles. The molecule has 1 aliphatic rings. The van der Waals surface area contributed by atoms with Gasteiger partial charge in [0.1, 0.15) is 0 Å². The molecule has 0 atom stereocenters. The highest BCUT2D eigenvalue weighted by Crippen LogP contribution is 2.49. The molecule has 0 bridgehead atoms. The van der Waals surface area contributed by atoms with Crippen LogP contribution in [0.2, 0.25) is 0 Å². The monoisotopic (exact) mass is 834 g/mol. The van der Waals surface area contributed by atoms with Gasteiger partial charge in [-0.2, -0.15) is 0 Å². The van der Waals surface area contributed by atoms with Crippen LogP contribution >= 0.6 is 0 Å². The Balaban J connectivity index is 0.882. The standard InChI is InChI=1S/C64H38N2/c1-2-15-49(16-3-1)66-61-30-26-45(35-56(61)55-28-24-39-11-6-7-17-51(39)64(55)66)46-25-29-60-57(36-46)58-34-40-12-4-5-13-41(40)38-62(58)65(60)50-27-23-42-31-43(21-22-44(42)33-50)48-32-47-14-10-20-54-52-18-8-9-19-53(52)59(37-48)63(47)54/h1-38H.